The number of nitrogens with zero attached hydrogens (tertiary/aromatic N) is 1. The van der Waals surface area contributed by atoms with Crippen molar-refractivity contribution in [3.05, 3.63) is 33.9 Å². The maximum Gasteiger partial charge on any atom is 0.269 e. The lowest BCUT2D eigenvalue weighted by Crippen LogP contribution is -2.23. The van der Waals surface area contributed by atoms with Crippen LogP contribution in [0, 0.1) is 17.0 Å². The van der Waals surface area contributed by atoms with Crippen LogP contribution in [0.2, 0.25) is 0 Å². The second-order valence-corrected chi connectivity index (χ2v) is 3.47. The fourth-order valence-corrected chi connectivity index (χ4v) is 1.25. The second kappa shape index (κ2) is 5.43. The van der Waals surface area contributed by atoms with Crippen LogP contribution >= 0.6 is 0 Å². The van der Waals surface area contributed by atoms with Gasteiger partial charge in [-0.05, 0) is 18.6 Å². The van der Waals surface area contributed by atoms with Gasteiger partial charge < -0.3 is 15.5 Å². The van der Waals surface area contributed by atoms with Crippen LogP contribution in [0.1, 0.15) is 5.56 Å². The average molecular weight is 226 g/mol. The smallest absolute Gasteiger partial charge is 0.269 e. The van der Waals surface area contributed by atoms with Gasteiger partial charge in [0.25, 0.3) is 5.69 Å². The first-order valence-electron chi connectivity index (χ1n) is 4.82. The Kier molecular flexibility index (Phi) is 4.21. The van der Waals surface area contributed by atoms with Gasteiger partial charge in [-0.3, -0.25) is 10.1 Å². The molecule has 1 aromatic carbocycles. The Morgan fingerprint density at radius 2 is 2.25 bits per heavy atom. The first kappa shape index (κ1) is 12.4. The van der Waals surface area contributed by atoms with E-state index in [-0.39, 0.29) is 18.8 Å². The molecule has 1 aromatic rings. The Bertz CT molecular complexity index is 381. The van der Waals surface area contributed by atoms with Crippen LogP contribution < -0.4 is 5.32 Å². The molecule has 0 aliphatic heterocycles. The molecular weight excluding hydrogens is 212 g/mol. The lowest BCUT2D eigenvalue weighted by Gasteiger charge is -2.12. The molecule has 3 N–H and O–H groups in total. The van der Waals surface area contributed by atoms with E-state index in [9.17, 15) is 10.1 Å². The van der Waals surface area contributed by atoms with Crippen molar-refractivity contribution in [2.45, 2.75) is 13.0 Å². The third kappa shape index (κ3) is 3.18. The molecule has 0 heterocycles. The summed E-state index contributed by atoms with van der Waals surface area (Å²) in [5.41, 5.74) is 1.46. The first-order chi connectivity index (χ1) is 7.54. The van der Waals surface area contributed by atoms with Gasteiger partial charge in [0.05, 0.1) is 17.6 Å². The van der Waals surface area contributed by atoms with Crippen molar-refractivity contribution in [2.24, 2.45) is 0 Å². The number of rotatable bonds is 5. The van der Waals surface area contributed by atoms with E-state index in [0.29, 0.717) is 5.69 Å². The van der Waals surface area contributed by atoms with Crippen molar-refractivity contribution in [3.63, 3.8) is 0 Å². The van der Waals surface area contributed by atoms with Crippen LogP contribution in [0.5, 0.6) is 0 Å². The molecule has 0 saturated carbocycles. The molecule has 0 aliphatic rings. The van der Waals surface area contributed by atoms with Gasteiger partial charge in [0.2, 0.25) is 0 Å². The summed E-state index contributed by atoms with van der Waals surface area (Å²) >= 11 is 0. The van der Waals surface area contributed by atoms with E-state index in [1.54, 1.807) is 13.0 Å². The molecule has 0 amide bonds. The SMILES string of the molecule is Cc1cc([N+](=O)[O-])ccc1NCC(O)CO. The Labute approximate surface area is 92.7 Å². The van der Waals surface area contributed by atoms with Gasteiger partial charge in [0, 0.05) is 24.4 Å². The summed E-state index contributed by atoms with van der Waals surface area (Å²) in [4.78, 5) is 10.0. The van der Waals surface area contributed by atoms with Crippen LogP contribution in [-0.2, 0) is 0 Å². The number of nitrogens with one attached hydrogen (secondary N) is 1. The monoisotopic (exact) mass is 226 g/mol. The summed E-state index contributed by atoms with van der Waals surface area (Å²) in [6.45, 7) is 1.62. The molecule has 1 atom stereocenters. The molecule has 88 valence electrons. The molecule has 0 bridgehead atoms. The number of hydrogen-bond donors (Lipinski definition) is 3. The van der Waals surface area contributed by atoms with Crippen molar-refractivity contribution in [3.8, 4) is 0 Å². The third-order valence-corrected chi connectivity index (χ3v) is 2.16. The molecule has 6 nitrogen and oxygen atoms in total. The van der Waals surface area contributed by atoms with E-state index in [4.69, 9.17) is 10.2 Å². The lowest BCUT2D eigenvalue weighted by molar-refractivity contribution is -0.384. The summed E-state index contributed by atoms with van der Waals surface area (Å²) < 4.78 is 0. The van der Waals surface area contributed by atoms with E-state index in [1.807, 2.05) is 0 Å². The fourth-order valence-electron chi connectivity index (χ4n) is 1.25. The van der Waals surface area contributed by atoms with Gasteiger partial charge in [-0.1, -0.05) is 0 Å². The van der Waals surface area contributed by atoms with Crippen LogP contribution in [0.3, 0.4) is 0 Å². The van der Waals surface area contributed by atoms with Crippen molar-refractivity contribution < 1.29 is 15.1 Å². The Morgan fingerprint density at radius 1 is 1.56 bits per heavy atom. The second-order valence-electron chi connectivity index (χ2n) is 3.47. The Morgan fingerprint density at radius 3 is 2.75 bits per heavy atom. The number of aliphatic hydroxyl groups excluding tert-OH is 2. The molecule has 0 spiro atoms. The van der Waals surface area contributed by atoms with Gasteiger partial charge >= 0.3 is 0 Å². The van der Waals surface area contributed by atoms with E-state index >= 15 is 0 Å². The van der Waals surface area contributed by atoms with Gasteiger partial charge in [0.1, 0.15) is 0 Å². The maximum absolute atomic E-state index is 10.5. The van der Waals surface area contributed by atoms with E-state index in [1.165, 1.54) is 12.1 Å². The minimum Gasteiger partial charge on any atom is -0.394 e. The summed E-state index contributed by atoms with van der Waals surface area (Å²) in [6, 6.07) is 4.42. The fraction of sp³-hybridized carbons (Fsp3) is 0.400. The van der Waals surface area contributed by atoms with Gasteiger partial charge in [-0.2, -0.15) is 0 Å². The zero-order chi connectivity index (χ0) is 12.1. The van der Waals surface area contributed by atoms with Crippen molar-refractivity contribution in [2.75, 3.05) is 18.5 Å². The number of hydrogen-bond acceptors (Lipinski definition) is 5. The number of anilines is 1. The predicted octanol–water partition coefficient (Wildman–Crippen LogP) is 0.668. The van der Waals surface area contributed by atoms with E-state index in [0.717, 1.165) is 5.56 Å². The Hall–Kier alpha value is -1.66. The average Bonchev–Trinajstić information content (AvgIpc) is 2.26. The Balaban J connectivity index is 2.72. The molecule has 0 fully saturated rings. The van der Waals surface area contributed by atoms with Gasteiger partial charge in [-0.15, -0.1) is 0 Å². The molecule has 6 heteroatoms. The minimum absolute atomic E-state index is 0.0331. The molecule has 0 aromatic heterocycles. The number of nitro groups is 1. The number of nitro benzene ring substituents is 1. The molecule has 0 saturated heterocycles. The predicted molar refractivity (Wildman–Crippen MR) is 59.4 cm³/mol. The number of benzene rings is 1. The highest BCUT2D eigenvalue weighted by Crippen LogP contribution is 2.20. The normalized spacial score (nSPS) is 12.2. The summed E-state index contributed by atoms with van der Waals surface area (Å²) in [7, 11) is 0. The zero-order valence-corrected chi connectivity index (χ0v) is 8.88. The highest BCUT2D eigenvalue weighted by atomic mass is 16.6. The van der Waals surface area contributed by atoms with Crippen LogP contribution in [0.25, 0.3) is 0 Å². The highest BCUT2D eigenvalue weighted by Gasteiger charge is 2.08. The molecular formula is C10H14N2O4. The van der Waals surface area contributed by atoms with Crippen LogP contribution in [0.4, 0.5) is 11.4 Å². The largest absolute Gasteiger partial charge is 0.394 e. The number of non-ortho nitro benzene ring substituents is 1. The standard InChI is InChI=1S/C10H14N2O4/c1-7-4-8(12(15)16)2-3-10(7)11-5-9(14)6-13/h2-4,9,11,13-14H,5-6H2,1H3. The van der Waals surface area contributed by atoms with Crippen LogP contribution in [-0.4, -0.2) is 34.4 Å². The highest BCUT2D eigenvalue weighted by molar-refractivity contribution is 5.55. The molecule has 0 aliphatic carbocycles. The zero-order valence-electron chi connectivity index (χ0n) is 8.88. The van der Waals surface area contributed by atoms with Crippen molar-refractivity contribution in [1.29, 1.82) is 0 Å². The topological polar surface area (TPSA) is 95.6 Å². The van der Waals surface area contributed by atoms with E-state index in [2.05, 4.69) is 5.32 Å². The number of aliphatic hydroxyl groups is 2. The third-order valence-electron chi connectivity index (χ3n) is 2.16. The number of aryl methyl sites for hydroxylation is 1. The van der Waals surface area contributed by atoms with Crippen molar-refractivity contribution >= 4 is 11.4 Å². The molecule has 0 radical (unpaired) electrons. The van der Waals surface area contributed by atoms with Crippen molar-refractivity contribution in [1.82, 2.24) is 0 Å². The summed E-state index contributed by atoms with van der Waals surface area (Å²) in [5, 5.41) is 31.1. The minimum atomic E-state index is -0.838. The molecule has 1 unspecified atom stereocenters. The molecule has 1 rings (SSSR count). The lowest BCUT2D eigenvalue weighted by atomic mass is 10.1. The molecule has 16 heavy (non-hydrogen) atoms. The van der Waals surface area contributed by atoms with Gasteiger partial charge in [-0.25, -0.2) is 0 Å². The van der Waals surface area contributed by atoms with Gasteiger partial charge in [0.15, 0.2) is 0 Å². The summed E-state index contributed by atoms with van der Waals surface area (Å²) in [6.07, 6.45) is -0.838. The van der Waals surface area contributed by atoms with Crippen LogP contribution in [0.15, 0.2) is 18.2 Å². The maximum atomic E-state index is 10.5. The summed E-state index contributed by atoms with van der Waals surface area (Å²) in [5.74, 6) is 0. The van der Waals surface area contributed by atoms with E-state index < -0.39 is 11.0 Å². The quantitative estimate of drug-likeness (QED) is 0.506. The first-order valence-corrected chi connectivity index (χ1v) is 4.82.